The van der Waals surface area contributed by atoms with Crippen molar-refractivity contribution in [1.82, 2.24) is 14.8 Å². The smallest absolute Gasteiger partial charge is 0.416 e. The van der Waals surface area contributed by atoms with Crippen molar-refractivity contribution in [3.63, 3.8) is 0 Å². The van der Waals surface area contributed by atoms with Gasteiger partial charge in [0.05, 0.1) is 24.8 Å². The Morgan fingerprint density at radius 3 is 2.38 bits per heavy atom. The van der Waals surface area contributed by atoms with Gasteiger partial charge in [0.2, 0.25) is 11.8 Å². The van der Waals surface area contributed by atoms with E-state index in [9.17, 15) is 22.8 Å². The Morgan fingerprint density at radius 2 is 1.71 bits per heavy atom. The van der Waals surface area contributed by atoms with Crippen LogP contribution in [-0.2, 0) is 28.7 Å². The summed E-state index contributed by atoms with van der Waals surface area (Å²) in [7, 11) is 1.53. The molecular weight excluding hydrogens is 471 g/mol. The normalized spacial score (nSPS) is 11.2. The molecule has 0 unspecified atom stereocenters. The fraction of sp³-hybridized carbons (Fsp3) is 0.273. The van der Waals surface area contributed by atoms with Crippen LogP contribution in [0.25, 0.3) is 0 Å². The molecule has 0 saturated carbocycles. The lowest BCUT2D eigenvalue weighted by Gasteiger charge is -2.10. The molecule has 1 heterocycles. The number of halogens is 3. The van der Waals surface area contributed by atoms with E-state index in [2.05, 4.69) is 20.8 Å². The third-order valence-corrected chi connectivity index (χ3v) is 5.55. The zero-order chi connectivity index (χ0) is 24.7. The number of thioether (sulfide) groups is 1. The summed E-state index contributed by atoms with van der Waals surface area (Å²) in [5.41, 5.74) is -0.229. The predicted molar refractivity (Wildman–Crippen MR) is 122 cm³/mol. The highest BCUT2D eigenvalue weighted by molar-refractivity contribution is 7.99. The maximum atomic E-state index is 12.9. The van der Waals surface area contributed by atoms with Crippen molar-refractivity contribution >= 4 is 35.0 Å². The number of benzene rings is 2. The fourth-order valence-corrected chi connectivity index (χ4v) is 3.85. The molecule has 34 heavy (non-hydrogen) atoms. The van der Waals surface area contributed by atoms with Gasteiger partial charge in [0.25, 0.3) is 0 Å². The van der Waals surface area contributed by atoms with Crippen molar-refractivity contribution in [2.75, 3.05) is 23.5 Å². The number of aromatic nitrogens is 3. The first-order valence-electron chi connectivity index (χ1n) is 10.2. The van der Waals surface area contributed by atoms with Gasteiger partial charge in [-0.1, -0.05) is 23.9 Å². The number of hydrogen-bond donors (Lipinski definition) is 2. The Labute approximate surface area is 197 Å². The average Bonchev–Trinajstić information content (AvgIpc) is 3.18. The summed E-state index contributed by atoms with van der Waals surface area (Å²) in [6.07, 6.45) is -4.69. The zero-order valence-corrected chi connectivity index (χ0v) is 19.2. The van der Waals surface area contributed by atoms with E-state index in [1.165, 1.54) is 19.2 Å². The zero-order valence-electron chi connectivity index (χ0n) is 18.3. The van der Waals surface area contributed by atoms with Crippen LogP contribution in [0.15, 0.2) is 53.7 Å². The van der Waals surface area contributed by atoms with Gasteiger partial charge in [-0.05, 0) is 37.3 Å². The molecule has 0 fully saturated rings. The molecule has 0 spiro atoms. The average molecular weight is 494 g/mol. The minimum absolute atomic E-state index is 0.0335. The SMILES string of the molecule is CCn1c(CC(=O)Nc2cccc(C(F)(F)F)c2)nnc1SCC(=O)Nc1cccc(OC)c1. The van der Waals surface area contributed by atoms with E-state index in [0.29, 0.717) is 29.0 Å². The van der Waals surface area contributed by atoms with Crippen molar-refractivity contribution in [2.24, 2.45) is 0 Å². The first-order chi connectivity index (χ1) is 16.2. The van der Waals surface area contributed by atoms with E-state index in [-0.39, 0.29) is 23.8 Å². The van der Waals surface area contributed by atoms with Crippen LogP contribution in [0.4, 0.5) is 24.5 Å². The molecule has 8 nitrogen and oxygen atoms in total. The van der Waals surface area contributed by atoms with Gasteiger partial charge in [-0.25, -0.2) is 0 Å². The molecule has 0 radical (unpaired) electrons. The number of amides is 2. The van der Waals surface area contributed by atoms with Crippen LogP contribution < -0.4 is 15.4 Å². The third-order valence-electron chi connectivity index (χ3n) is 4.59. The van der Waals surface area contributed by atoms with Crippen molar-refractivity contribution in [3.05, 3.63) is 59.9 Å². The molecule has 0 bridgehead atoms. The maximum absolute atomic E-state index is 12.9. The highest BCUT2D eigenvalue weighted by atomic mass is 32.2. The van der Waals surface area contributed by atoms with Gasteiger partial charge in [0.1, 0.15) is 11.6 Å². The van der Waals surface area contributed by atoms with E-state index in [1.54, 1.807) is 28.8 Å². The lowest BCUT2D eigenvalue weighted by Crippen LogP contribution is -2.18. The summed E-state index contributed by atoms with van der Waals surface area (Å²) >= 11 is 1.15. The number of methoxy groups -OCH3 is 1. The molecule has 3 aromatic rings. The molecule has 0 aliphatic carbocycles. The van der Waals surface area contributed by atoms with Gasteiger partial charge >= 0.3 is 6.18 Å². The number of rotatable bonds is 9. The summed E-state index contributed by atoms with van der Waals surface area (Å²) < 4.78 is 45.4. The second-order valence-corrected chi connectivity index (χ2v) is 7.96. The van der Waals surface area contributed by atoms with Crippen LogP contribution in [0.1, 0.15) is 18.3 Å². The van der Waals surface area contributed by atoms with E-state index >= 15 is 0 Å². The van der Waals surface area contributed by atoms with Crippen molar-refractivity contribution in [3.8, 4) is 5.75 Å². The van der Waals surface area contributed by atoms with Crippen LogP contribution in [0.5, 0.6) is 5.75 Å². The fourth-order valence-electron chi connectivity index (χ4n) is 3.02. The lowest BCUT2D eigenvalue weighted by atomic mass is 10.2. The molecule has 0 saturated heterocycles. The van der Waals surface area contributed by atoms with E-state index in [0.717, 1.165) is 23.9 Å². The number of anilines is 2. The molecule has 3 rings (SSSR count). The lowest BCUT2D eigenvalue weighted by molar-refractivity contribution is -0.137. The molecule has 0 aliphatic rings. The largest absolute Gasteiger partial charge is 0.497 e. The second-order valence-electron chi connectivity index (χ2n) is 7.02. The number of nitrogens with one attached hydrogen (secondary N) is 2. The molecular formula is C22H22F3N5O3S. The van der Waals surface area contributed by atoms with Crippen LogP contribution in [0, 0.1) is 0 Å². The van der Waals surface area contributed by atoms with Crippen molar-refractivity contribution < 1.29 is 27.5 Å². The Bertz CT molecular complexity index is 1170. The third kappa shape index (κ3) is 6.73. The van der Waals surface area contributed by atoms with E-state index in [4.69, 9.17) is 4.74 Å². The summed E-state index contributed by atoms with van der Waals surface area (Å²) in [5.74, 6) is 0.222. The van der Waals surface area contributed by atoms with E-state index < -0.39 is 17.6 Å². The molecule has 2 N–H and O–H groups in total. The quantitative estimate of drug-likeness (QED) is 0.433. The topological polar surface area (TPSA) is 98.1 Å². The number of carbonyl (C=O) groups excluding carboxylic acids is 2. The molecule has 2 amide bonds. The minimum atomic E-state index is -4.51. The van der Waals surface area contributed by atoms with Gasteiger partial charge in [0, 0.05) is 24.0 Å². The molecule has 12 heteroatoms. The van der Waals surface area contributed by atoms with Gasteiger partial charge in [-0.3, -0.25) is 9.59 Å². The van der Waals surface area contributed by atoms with Gasteiger partial charge in [-0.2, -0.15) is 13.2 Å². The molecule has 0 atom stereocenters. The minimum Gasteiger partial charge on any atom is -0.497 e. The van der Waals surface area contributed by atoms with Crippen LogP contribution in [-0.4, -0.2) is 39.4 Å². The molecule has 0 aliphatic heterocycles. The number of nitrogens with zero attached hydrogens (tertiary/aromatic N) is 3. The summed E-state index contributed by atoms with van der Waals surface area (Å²) in [5, 5.41) is 13.7. The van der Waals surface area contributed by atoms with Crippen molar-refractivity contribution in [2.45, 2.75) is 31.2 Å². The monoisotopic (exact) mass is 493 g/mol. The Balaban J connectivity index is 1.59. The highest BCUT2D eigenvalue weighted by Crippen LogP contribution is 2.30. The highest BCUT2D eigenvalue weighted by Gasteiger charge is 2.30. The number of hydrogen-bond acceptors (Lipinski definition) is 6. The number of alkyl halides is 3. The van der Waals surface area contributed by atoms with Crippen molar-refractivity contribution in [1.29, 1.82) is 0 Å². The number of carbonyl (C=O) groups is 2. The first kappa shape index (κ1) is 25.1. The maximum Gasteiger partial charge on any atom is 0.416 e. The van der Waals surface area contributed by atoms with Crippen LogP contribution in [0.2, 0.25) is 0 Å². The molecule has 1 aromatic heterocycles. The summed E-state index contributed by atoms with van der Waals surface area (Å²) in [6.45, 7) is 2.27. The van der Waals surface area contributed by atoms with Crippen LogP contribution >= 0.6 is 11.8 Å². The van der Waals surface area contributed by atoms with E-state index in [1.807, 2.05) is 6.92 Å². The Morgan fingerprint density at radius 1 is 1.03 bits per heavy atom. The second kappa shape index (κ2) is 11.1. The molecule has 2 aromatic carbocycles. The number of ether oxygens (including phenoxy) is 1. The Hall–Kier alpha value is -3.54. The summed E-state index contributed by atoms with van der Waals surface area (Å²) in [6, 6.07) is 11.3. The van der Waals surface area contributed by atoms with Gasteiger partial charge in [0.15, 0.2) is 5.16 Å². The van der Waals surface area contributed by atoms with Gasteiger partial charge < -0.3 is 19.9 Å². The molecule has 180 valence electrons. The standard InChI is InChI=1S/C22H22F3N5O3S/c1-3-30-18(12-19(31)26-15-7-4-6-14(10-15)22(23,24)25)28-29-21(30)34-13-20(32)27-16-8-5-9-17(11-16)33-2/h4-11H,3,12-13H2,1-2H3,(H,26,31)(H,27,32). The van der Waals surface area contributed by atoms with Crippen LogP contribution in [0.3, 0.4) is 0 Å². The van der Waals surface area contributed by atoms with Gasteiger partial charge in [-0.15, -0.1) is 10.2 Å². The Kier molecular flexibility index (Phi) is 8.16. The first-order valence-corrected chi connectivity index (χ1v) is 11.1. The summed E-state index contributed by atoms with van der Waals surface area (Å²) in [4.78, 5) is 24.7. The predicted octanol–water partition coefficient (Wildman–Crippen LogP) is 4.24.